The van der Waals surface area contributed by atoms with Crippen molar-refractivity contribution < 1.29 is 0 Å². The molecule has 3 aromatic rings. The summed E-state index contributed by atoms with van der Waals surface area (Å²) in [5.41, 5.74) is 15.0. The van der Waals surface area contributed by atoms with E-state index in [-0.39, 0.29) is 11.1 Å². The van der Waals surface area contributed by atoms with Gasteiger partial charge in [0, 0.05) is 84.1 Å². The van der Waals surface area contributed by atoms with E-state index in [1.807, 2.05) is 18.9 Å². The van der Waals surface area contributed by atoms with Crippen LogP contribution in [0.2, 0.25) is 0 Å². The molecule has 7 N–H and O–H groups in total. The van der Waals surface area contributed by atoms with Crippen molar-refractivity contribution >= 4 is 21.5 Å². The van der Waals surface area contributed by atoms with E-state index >= 15 is 0 Å². The Hall–Kier alpha value is -2.18. The number of hydrogen-bond donors (Lipinski definition) is 5. The van der Waals surface area contributed by atoms with Gasteiger partial charge in [0.15, 0.2) is 0 Å². The van der Waals surface area contributed by atoms with Gasteiger partial charge in [-0.1, -0.05) is 62.4 Å². The molecule has 3 atom stereocenters. The molecular formula is C31H49N9. The van der Waals surface area contributed by atoms with E-state index in [9.17, 15) is 0 Å². The SMILES string of the molecule is CC.CC1(NCc2c3ccccc3cc3ccccc23)CNN2CCNN3CC(N)(CN(CCN(N)C1)CC2)C3. The average Bonchev–Trinajstić information content (AvgIpc) is 3.00. The smallest absolute Gasteiger partial charge is 0.0569 e. The van der Waals surface area contributed by atoms with Gasteiger partial charge in [-0.15, -0.1) is 0 Å². The molecule has 4 fully saturated rings. The lowest BCUT2D eigenvalue weighted by Gasteiger charge is -2.49. The molecule has 0 radical (unpaired) electrons. The number of rotatable bonds is 3. The van der Waals surface area contributed by atoms with Crippen LogP contribution in [0.25, 0.3) is 21.5 Å². The van der Waals surface area contributed by atoms with E-state index in [0.29, 0.717) is 0 Å². The highest BCUT2D eigenvalue weighted by molar-refractivity contribution is 6.02. The normalized spacial score (nSPS) is 31.9. The summed E-state index contributed by atoms with van der Waals surface area (Å²) in [6.45, 7) is 16.8. The van der Waals surface area contributed by atoms with E-state index < -0.39 is 0 Å². The van der Waals surface area contributed by atoms with E-state index in [1.165, 1.54) is 27.1 Å². The monoisotopic (exact) mass is 547 g/mol. The summed E-state index contributed by atoms with van der Waals surface area (Å²) in [6, 6.07) is 19.7. The molecule has 3 unspecified atom stereocenters. The van der Waals surface area contributed by atoms with Gasteiger partial charge in [-0.2, -0.15) is 0 Å². The van der Waals surface area contributed by atoms with Crippen LogP contribution in [0.3, 0.4) is 0 Å². The molecule has 4 aliphatic heterocycles. The molecule has 0 spiro atoms. The Balaban J connectivity index is 0.00000158. The number of fused-ring (bicyclic) bond motifs is 4. The molecule has 218 valence electrons. The molecule has 0 amide bonds. The van der Waals surface area contributed by atoms with Gasteiger partial charge in [0.1, 0.15) is 0 Å². The van der Waals surface area contributed by atoms with Gasteiger partial charge in [0.25, 0.3) is 0 Å². The molecule has 9 nitrogen and oxygen atoms in total. The van der Waals surface area contributed by atoms with Gasteiger partial charge in [0.2, 0.25) is 0 Å². The summed E-state index contributed by atoms with van der Waals surface area (Å²) in [5.74, 6) is 6.65. The van der Waals surface area contributed by atoms with Gasteiger partial charge < -0.3 is 11.1 Å². The summed E-state index contributed by atoms with van der Waals surface area (Å²) in [7, 11) is 0. The van der Waals surface area contributed by atoms with Gasteiger partial charge >= 0.3 is 0 Å². The molecular weight excluding hydrogens is 498 g/mol. The Bertz CT molecular complexity index is 1210. The minimum atomic E-state index is -0.231. The van der Waals surface area contributed by atoms with Crippen molar-refractivity contribution in [3.8, 4) is 0 Å². The second-order valence-electron chi connectivity index (χ2n) is 11.9. The summed E-state index contributed by atoms with van der Waals surface area (Å²) >= 11 is 0. The highest BCUT2D eigenvalue weighted by atomic mass is 15.6. The first-order chi connectivity index (χ1) is 19.4. The standard InChI is InChI=1S/C29H43N9.C2H6/c1-28(32-17-27-25-8-4-2-6-23(25)16-24-7-3-5-9-26(24)27)18-34-37-11-10-33-38-21-29(30,22-38)20-35(13-15-37)12-14-36(31)19-28;1-2/h2-9,16,32-34H,10-15,17-22,30-31H2,1H3;1-2H3. The van der Waals surface area contributed by atoms with Crippen LogP contribution in [-0.2, 0) is 6.54 Å². The molecule has 4 bridgehead atoms. The van der Waals surface area contributed by atoms with E-state index in [4.69, 9.17) is 11.6 Å². The maximum absolute atomic E-state index is 6.70. The van der Waals surface area contributed by atoms with Crippen LogP contribution in [0, 0.1) is 0 Å². The Morgan fingerprint density at radius 3 is 2.15 bits per heavy atom. The lowest BCUT2D eigenvalue weighted by atomic mass is 9.92. The van der Waals surface area contributed by atoms with Crippen molar-refractivity contribution in [2.75, 3.05) is 72.0 Å². The van der Waals surface area contributed by atoms with Crippen LogP contribution in [0.15, 0.2) is 54.6 Å². The first-order valence-corrected chi connectivity index (χ1v) is 15.0. The van der Waals surface area contributed by atoms with Crippen LogP contribution < -0.4 is 27.7 Å². The zero-order valence-corrected chi connectivity index (χ0v) is 24.6. The Kier molecular flexibility index (Phi) is 9.36. The number of nitrogens with one attached hydrogen (secondary N) is 3. The molecule has 3 aromatic carbocycles. The van der Waals surface area contributed by atoms with Crippen molar-refractivity contribution in [3.63, 3.8) is 0 Å². The topological polar surface area (TPSA) is 101 Å². The predicted molar refractivity (Wildman–Crippen MR) is 166 cm³/mol. The lowest BCUT2D eigenvalue weighted by Crippen LogP contribution is -2.74. The molecule has 4 heterocycles. The quantitative estimate of drug-likeness (QED) is 0.248. The third-order valence-electron chi connectivity index (χ3n) is 8.48. The van der Waals surface area contributed by atoms with Gasteiger partial charge in [-0.05, 0) is 40.1 Å². The van der Waals surface area contributed by atoms with Crippen LogP contribution in [0.5, 0.6) is 0 Å². The minimum absolute atomic E-state index is 0.146. The fourth-order valence-corrected chi connectivity index (χ4v) is 6.37. The fourth-order valence-electron chi connectivity index (χ4n) is 6.37. The molecule has 4 aliphatic rings. The number of hydrogen-bond acceptors (Lipinski definition) is 9. The number of nitrogens with zero attached hydrogens (tertiary/aromatic N) is 4. The van der Waals surface area contributed by atoms with Crippen molar-refractivity contribution in [2.45, 2.75) is 38.4 Å². The molecule has 9 heteroatoms. The van der Waals surface area contributed by atoms with Crippen LogP contribution in [0.1, 0.15) is 26.3 Å². The average molecular weight is 548 g/mol. The highest BCUT2D eigenvalue weighted by Crippen LogP contribution is 2.29. The lowest BCUT2D eigenvalue weighted by molar-refractivity contribution is 0.00121. The van der Waals surface area contributed by atoms with Crippen molar-refractivity contribution in [1.82, 2.24) is 36.1 Å². The molecule has 40 heavy (non-hydrogen) atoms. The number of nitrogens with two attached hydrogens (primary N) is 2. The zero-order chi connectivity index (χ0) is 28.2. The van der Waals surface area contributed by atoms with Crippen molar-refractivity contribution in [2.24, 2.45) is 11.6 Å². The van der Waals surface area contributed by atoms with E-state index in [0.717, 1.165) is 78.5 Å². The minimum Gasteiger partial charge on any atom is -0.322 e. The van der Waals surface area contributed by atoms with Crippen LogP contribution >= 0.6 is 0 Å². The second kappa shape index (κ2) is 12.8. The first-order valence-electron chi connectivity index (χ1n) is 15.0. The molecule has 0 saturated carbocycles. The Morgan fingerprint density at radius 2 is 1.45 bits per heavy atom. The van der Waals surface area contributed by atoms with Gasteiger partial charge in [0.05, 0.1) is 5.54 Å². The van der Waals surface area contributed by atoms with Gasteiger partial charge in [-0.3, -0.25) is 21.6 Å². The van der Waals surface area contributed by atoms with Crippen molar-refractivity contribution in [1.29, 1.82) is 0 Å². The predicted octanol–water partition coefficient (Wildman–Crippen LogP) is 1.70. The summed E-state index contributed by atoms with van der Waals surface area (Å²) in [4.78, 5) is 2.50. The van der Waals surface area contributed by atoms with Crippen molar-refractivity contribution in [3.05, 3.63) is 60.2 Å². The van der Waals surface area contributed by atoms with E-state index in [1.54, 1.807) is 0 Å². The maximum Gasteiger partial charge on any atom is 0.0569 e. The van der Waals surface area contributed by atoms with E-state index in [2.05, 4.69) is 92.6 Å². The third-order valence-corrected chi connectivity index (χ3v) is 8.48. The fraction of sp³-hybridized carbons (Fsp3) is 0.548. The third kappa shape index (κ3) is 6.82. The maximum atomic E-state index is 6.70. The molecule has 0 aliphatic carbocycles. The summed E-state index contributed by atoms with van der Waals surface area (Å²) in [5, 5.41) is 15.7. The zero-order valence-electron chi connectivity index (χ0n) is 24.6. The Labute approximate surface area is 239 Å². The van der Waals surface area contributed by atoms with Crippen LogP contribution in [-0.4, -0.2) is 103 Å². The molecule has 4 saturated heterocycles. The summed E-state index contributed by atoms with van der Waals surface area (Å²) in [6.07, 6.45) is 0. The molecule has 7 rings (SSSR count). The first kappa shape index (κ1) is 29.3. The summed E-state index contributed by atoms with van der Waals surface area (Å²) < 4.78 is 0. The largest absolute Gasteiger partial charge is 0.322 e. The van der Waals surface area contributed by atoms with Gasteiger partial charge in [-0.25, -0.2) is 15.0 Å². The number of benzene rings is 3. The number of hydrazine groups is 3. The Morgan fingerprint density at radius 1 is 0.800 bits per heavy atom. The second-order valence-corrected chi connectivity index (χ2v) is 11.9. The highest BCUT2D eigenvalue weighted by Gasteiger charge is 2.41. The molecule has 0 aromatic heterocycles. The van der Waals surface area contributed by atoms with Crippen LogP contribution in [0.4, 0.5) is 0 Å².